The zero-order valence-corrected chi connectivity index (χ0v) is 16.1. The standard InChI is InChI=1S/C25H18N4O/c30-24-22-15-6-7-16-23(22)27-25(29(24)20-12-2-1-3-13-20)28-26-17-19-11-8-10-18-9-4-5-14-21(18)19/h1-17H,(H,27,28). The van der Waals surface area contributed by atoms with Gasteiger partial charge in [0.05, 0.1) is 22.8 Å². The van der Waals surface area contributed by atoms with Gasteiger partial charge < -0.3 is 0 Å². The molecule has 0 bridgehead atoms. The van der Waals surface area contributed by atoms with E-state index in [1.807, 2.05) is 72.8 Å². The zero-order chi connectivity index (χ0) is 20.3. The molecule has 0 aliphatic carbocycles. The van der Waals surface area contributed by atoms with Gasteiger partial charge in [-0.1, -0.05) is 72.8 Å². The maximum Gasteiger partial charge on any atom is 0.267 e. The second-order valence-corrected chi connectivity index (χ2v) is 6.87. The molecule has 0 amide bonds. The van der Waals surface area contributed by atoms with Gasteiger partial charge in [-0.2, -0.15) is 5.10 Å². The highest BCUT2D eigenvalue weighted by molar-refractivity contribution is 5.99. The minimum atomic E-state index is -0.144. The molecule has 0 spiro atoms. The number of nitrogens with zero attached hydrogens (tertiary/aromatic N) is 3. The second kappa shape index (κ2) is 7.64. The van der Waals surface area contributed by atoms with Crippen LogP contribution < -0.4 is 11.0 Å². The van der Waals surface area contributed by atoms with E-state index in [1.54, 1.807) is 16.8 Å². The number of fused-ring (bicyclic) bond motifs is 2. The molecule has 5 nitrogen and oxygen atoms in total. The quantitative estimate of drug-likeness (QED) is 0.348. The van der Waals surface area contributed by atoms with Gasteiger partial charge in [-0.15, -0.1) is 0 Å². The van der Waals surface area contributed by atoms with Crippen LogP contribution in [0.1, 0.15) is 5.56 Å². The lowest BCUT2D eigenvalue weighted by Gasteiger charge is -2.12. The summed E-state index contributed by atoms with van der Waals surface area (Å²) in [5, 5.41) is 7.21. The summed E-state index contributed by atoms with van der Waals surface area (Å²) < 4.78 is 1.54. The van der Waals surface area contributed by atoms with E-state index in [0.717, 1.165) is 22.0 Å². The molecular formula is C25H18N4O. The maximum absolute atomic E-state index is 13.2. The number of para-hydroxylation sites is 2. The first-order chi connectivity index (χ1) is 14.8. The molecule has 5 rings (SSSR count). The smallest absolute Gasteiger partial charge is 0.267 e. The molecule has 0 saturated heterocycles. The first-order valence-electron chi connectivity index (χ1n) is 9.65. The summed E-state index contributed by atoms with van der Waals surface area (Å²) in [7, 11) is 0. The minimum absolute atomic E-state index is 0.144. The Labute approximate surface area is 172 Å². The van der Waals surface area contributed by atoms with Gasteiger partial charge in [-0.3, -0.25) is 4.79 Å². The molecule has 0 fully saturated rings. The Balaban J connectivity index is 1.60. The summed E-state index contributed by atoms with van der Waals surface area (Å²) in [6, 6.07) is 31.0. The number of rotatable bonds is 4. The van der Waals surface area contributed by atoms with Gasteiger partial charge in [0, 0.05) is 5.56 Å². The average molecular weight is 390 g/mol. The van der Waals surface area contributed by atoms with Crippen LogP contribution in [0.15, 0.2) is 107 Å². The van der Waals surface area contributed by atoms with E-state index in [4.69, 9.17) is 0 Å². The highest BCUT2D eigenvalue weighted by Crippen LogP contribution is 2.18. The molecule has 0 saturated carbocycles. The predicted octanol–water partition coefficient (Wildman–Crippen LogP) is 4.98. The molecule has 0 atom stereocenters. The molecule has 4 aromatic carbocycles. The predicted molar refractivity (Wildman–Crippen MR) is 123 cm³/mol. The van der Waals surface area contributed by atoms with Gasteiger partial charge in [-0.05, 0) is 35.0 Å². The van der Waals surface area contributed by atoms with Crippen LogP contribution in [0.25, 0.3) is 27.4 Å². The molecular weight excluding hydrogens is 372 g/mol. The first-order valence-corrected chi connectivity index (χ1v) is 9.65. The van der Waals surface area contributed by atoms with Crippen LogP contribution >= 0.6 is 0 Å². The summed E-state index contributed by atoms with van der Waals surface area (Å²) in [6.45, 7) is 0. The fourth-order valence-corrected chi connectivity index (χ4v) is 3.55. The Kier molecular flexibility index (Phi) is 4.54. The lowest BCUT2D eigenvalue weighted by Crippen LogP contribution is -2.22. The largest absolute Gasteiger partial charge is 0.268 e. The van der Waals surface area contributed by atoms with Gasteiger partial charge in [0.2, 0.25) is 5.95 Å². The lowest BCUT2D eigenvalue weighted by atomic mass is 10.1. The number of nitrogens with one attached hydrogen (secondary N) is 1. The van der Waals surface area contributed by atoms with Crippen molar-refractivity contribution >= 4 is 33.8 Å². The van der Waals surface area contributed by atoms with Crippen LogP contribution in [0, 0.1) is 0 Å². The topological polar surface area (TPSA) is 59.3 Å². The summed E-state index contributed by atoms with van der Waals surface area (Å²) in [5.41, 5.74) is 5.17. The summed E-state index contributed by atoms with van der Waals surface area (Å²) in [5.74, 6) is 0.362. The number of benzene rings is 4. The van der Waals surface area contributed by atoms with Crippen molar-refractivity contribution in [2.24, 2.45) is 5.10 Å². The van der Waals surface area contributed by atoms with Crippen molar-refractivity contribution in [3.8, 4) is 5.69 Å². The summed E-state index contributed by atoms with van der Waals surface area (Å²) in [6.07, 6.45) is 1.75. The van der Waals surface area contributed by atoms with E-state index in [-0.39, 0.29) is 5.56 Å². The molecule has 144 valence electrons. The molecule has 0 radical (unpaired) electrons. The van der Waals surface area contributed by atoms with Crippen molar-refractivity contribution < 1.29 is 0 Å². The van der Waals surface area contributed by atoms with E-state index in [9.17, 15) is 4.79 Å². The molecule has 30 heavy (non-hydrogen) atoms. The third kappa shape index (κ3) is 3.22. The molecule has 0 unspecified atom stereocenters. The van der Waals surface area contributed by atoms with Crippen molar-refractivity contribution in [2.75, 3.05) is 5.43 Å². The van der Waals surface area contributed by atoms with Crippen LogP contribution in [-0.4, -0.2) is 15.8 Å². The number of hydrogen-bond donors (Lipinski definition) is 1. The summed E-state index contributed by atoms with van der Waals surface area (Å²) >= 11 is 0. The Morgan fingerprint density at radius 3 is 2.33 bits per heavy atom. The average Bonchev–Trinajstić information content (AvgIpc) is 2.80. The molecule has 5 aromatic rings. The van der Waals surface area contributed by atoms with Crippen LogP contribution in [0.4, 0.5) is 5.95 Å². The number of hydrogen-bond acceptors (Lipinski definition) is 4. The van der Waals surface area contributed by atoms with Gasteiger partial charge in [0.1, 0.15) is 0 Å². The fourth-order valence-electron chi connectivity index (χ4n) is 3.55. The van der Waals surface area contributed by atoms with E-state index >= 15 is 0 Å². The molecule has 1 aromatic heterocycles. The molecule has 0 aliphatic heterocycles. The highest BCUT2D eigenvalue weighted by Gasteiger charge is 2.12. The van der Waals surface area contributed by atoms with Crippen LogP contribution in [0.3, 0.4) is 0 Å². The SMILES string of the molecule is O=c1c2ccccc2nc(NN=Cc2cccc3ccccc23)n1-c1ccccc1. The third-order valence-corrected chi connectivity index (χ3v) is 4.98. The molecule has 0 aliphatic rings. The van der Waals surface area contributed by atoms with Crippen molar-refractivity contribution in [1.82, 2.24) is 9.55 Å². The van der Waals surface area contributed by atoms with Gasteiger partial charge in [0.25, 0.3) is 5.56 Å². The molecule has 1 N–H and O–H groups in total. The van der Waals surface area contributed by atoms with Crippen molar-refractivity contribution in [1.29, 1.82) is 0 Å². The molecule has 5 heteroatoms. The Bertz CT molecular complexity index is 1430. The van der Waals surface area contributed by atoms with Crippen LogP contribution in [-0.2, 0) is 0 Å². The lowest BCUT2D eigenvalue weighted by molar-refractivity contribution is 0.956. The maximum atomic E-state index is 13.2. The van der Waals surface area contributed by atoms with E-state index in [2.05, 4.69) is 33.7 Å². The normalized spacial score (nSPS) is 11.3. The number of hydrazone groups is 1. The summed E-state index contributed by atoms with van der Waals surface area (Å²) in [4.78, 5) is 17.8. The third-order valence-electron chi connectivity index (χ3n) is 4.98. The number of anilines is 1. The van der Waals surface area contributed by atoms with E-state index in [1.165, 1.54) is 0 Å². The van der Waals surface area contributed by atoms with Crippen molar-refractivity contribution in [3.05, 3.63) is 113 Å². The number of aromatic nitrogens is 2. The first kappa shape index (κ1) is 17.8. The minimum Gasteiger partial charge on any atom is -0.268 e. The fraction of sp³-hybridized carbons (Fsp3) is 0. The van der Waals surface area contributed by atoms with Crippen molar-refractivity contribution in [3.63, 3.8) is 0 Å². The Morgan fingerprint density at radius 1 is 0.767 bits per heavy atom. The van der Waals surface area contributed by atoms with E-state index in [0.29, 0.717) is 16.9 Å². The second-order valence-electron chi connectivity index (χ2n) is 6.87. The van der Waals surface area contributed by atoms with E-state index < -0.39 is 0 Å². The Hall–Kier alpha value is -4.25. The van der Waals surface area contributed by atoms with Gasteiger partial charge in [-0.25, -0.2) is 15.0 Å². The highest BCUT2D eigenvalue weighted by atomic mass is 16.1. The van der Waals surface area contributed by atoms with Crippen LogP contribution in [0.2, 0.25) is 0 Å². The van der Waals surface area contributed by atoms with Gasteiger partial charge in [0.15, 0.2) is 0 Å². The van der Waals surface area contributed by atoms with Crippen molar-refractivity contribution in [2.45, 2.75) is 0 Å². The molecule has 1 heterocycles. The Morgan fingerprint density at radius 2 is 1.47 bits per heavy atom. The van der Waals surface area contributed by atoms with Crippen LogP contribution in [0.5, 0.6) is 0 Å². The zero-order valence-electron chi connectivity index (χ0n) is 16.1. The van der Waals surface area contributed by atoms with Gasteiger partial charge >= 0.3 is 0 Å². The monoisotopic (exact) mass is 390 g/mol.